The summed E-state index contributed by atoms with van der Waals surface area (Å²) in [5.74, 6) is 0.0775. The molecule has 1 fully saturated rings. The van der Waals surface area contributed by atoms with Crippen molar-refractivity contribution in [2.45, 2.75) is 37.5 Å². The normalized spacial score (nSPS) is 23.8. The lowest BCUT2D eigenvalue weighted by Gasteiger charge is -2.25. The van der Waals surface area contributed by atoms with E-state index in [2.05, 4.69) is 0 Å². The second-order valence-corrected chi connectivity index (χ2v) is 5.17. The van der Waals surface area contributed by atoms with Gasteiger partial charge in [-0.2, -0.15) is 0 Å². The standard InChI is InChI=1S/C7H16N2O2S/c8-7(12(9,10)11)6-4-2-1-3-5-6/h6-7H,1-5,8H2,(H2,9,10,11). The first kappa shape index (κ1) is 9.95. The predicted molar refractivity (Wildman–Crippen MR) is 47.7 cm³/mol. The molecule has 4 N–H and O–H groups in total. The molecule has 0 aliphatic heterocycles. The van der Waals surface area contributed by atoms with Crippen molar-refractivity contribution in [3.05, 3.63) is 0 Å². The molecule has 0 bridgehead atoms. The van der Waals surface area contributed by atoms with Gasteiger partial charge in [-0.05, 0) is 18.8 Å². The molecule has 0 aromatic carbocycles. The Hall–Kier alpha value is -0.130. The van der Waals surface area contributed by atoms with Gasteiger partial charge in [-0.25, -0.2) is 13.6 Å². The fourth-order valence-electron chi connectivity index (χ4n) is 1.73. The maximum Gasteiger partial charge on any atom is 0.225 e. The van der Waals surface area contributed by atoms with E-state index in [4.69, 9.17) is 10.9 Å². The lowest BCUT2D eigenvalue weighted by Crippen LogP contribution is -2.42. The van der Waals surface area contributed by atoms with Crippen molar-refractivity contribution < 1.29 is 8.42 Å². The minimum Gasteiger partial charge on any atom is -0.314 e. The van der Waals surface area contributed by atoms with Crippen LogP contribution in [0.5, 0.6) is 0 Å². The van der Waals surface area contributed by atoms with Crippen LogP contribution >= 0.6 is 0 Å². The molecule has 0 aromatic heterocycles. The van der Waals surface area contributed by atoms with Crippen molar-refractivity contribution in [2.24, 2.45) is 16.8 Å². The van der Waals surface area contributed by atoms with Gasteiger partial charge in [-0.15, -0.1) is 0 Å². The fraction of sp³-hybridized carbons (Fsp3) is 1.00. The molecule has 5 heteroatoms. The van der Waals surface area contributed by atoms with Crippen LogP contribution in [0.25, 0.3) is 0 Å². The Kier molecular flexibility index (Phi) is 3.09. The molecule has 12 heavy (non-hydrogen) atoms. The van der Waals surface area contributed by atoms with Gasteiger partial charge in [-0.3, -0.25) is 0 Å². The summed E-state index contributed by atoms with van der Waals surface area (Å²) >= 11 is 0. The van der Waals surface area contributed by atoms with Crippen LogP contribution in [0.3, 0.4) is 0 Å². The largest absolute Gasteiger partial charge is 0.314 e. The number of primary sulfonamides is 1. The zero-order chi connectivity index (χ0) is 9.19. The average molecular weight is 192 g/mol. The summed E-state index contributed by atoms with van der Waals surface area (Å²) in [6, 6.07) is 0. The van der Waals surface area contributed by atoms with Gasteiger partial charge in [0.1, 0.15) is 5.37 Å². The van der Waals surface area contributed by atoms with Crippen molar-refractivity contribution in [3.63, 3.8) is 0 Å². The van der Waals surface area contributed by atoms with Crippen LogP contribution in [0.15, 0.2) is 0 Å². The van der Waals surface area contributed by atoms with E-state index in [1.165, 1.54) is 6.42 Å². The second kappa shape index (κ2) is 3.72. The highest BCUT2D eigenvalue weighted by Gasteiger charge is 2.27. The molecular formula is C7H16N2O2S. The molecule has 72 valence electrons. The second-order valence-electron chi connectivity index (χ2n) is 3.45. The smallest absolute Gasteiger partial charge is 0.225 e. The van der Waals surface area contributed by atoms with Crippen molar-refractivity contribution in [3.8, 4) is 0 Å². The highest BCUT2D eigenvalue weighted by molar-refractivity contribution is 7.89. The highest BCUT2D eigenvalue weighted by atomic mass is 32.2. The summed E-state index contributed by atoms with van der Waals surface area (Å²) in [5, 5.41) is 4.11. The zero-order valence-corrected chi connectivity index (χ0v) is 7.89. The first-order chi connectivity index (χ1) is 5.52. The number of hydrogen-bond acceptors (Lipinski definition) is 3. The van der Waals surface area contributed by atoms with Gasteiger partial charge in [0.2, 0.25) is 10.0 Å². The Morgan fingerprint density at radius 3 is 2.08 bits per heavy atom. The number of rotatable bonds is 2. The summed E-state index contributed by atoms with van der Waals surface area (Å²) in [6.45, 7) is 0. The van der Waals surface area contributed by atoms with Gasteiger partial charge in [0, 0.05) is 0 Å². The first-order valence-corrected chi connectivity index (χ1v) is 5.90. The molecule has 0 aromatic rings. The summed E-state index contributed by atoms with van der Waals surface area (Å²) < 4.78 is 21.8. The van der Waals surface area contributed by atoms with E-state index in [1.54, 1.807) is 0 Å². The summed E-state index contributed by atoms with van der Waals surface area (Å²) in [6.07, 6.45) is 5.14. The van der Waals surface area contributed by atoms with Gasteiger partial charge >= 0.3 is 0 Å². The van der Waals surface area contributed by atoms with Gasteiger partial charge in [0.15, 0.2) is 0 Å². The highest BCUT2D eigenvalue weighted by Crippen LogP contribution is 2.26. The maximum absolute atomic E-state index is 10.9. The molecule has 1 aliphatic rings. The lowest BCUT2D eigenvalue weighted by atomic mass is 9.89. The van der Waals surface area contributed by atoms with E-state index >= 15 is 0 Å². The summed E-state index contributed by atoms with van der Waals surface area (Å²) in [4.78, 5) is 0. The Morgan fingerprint density at radius 1 is 1.17 bits per heavy atom. The van der Waals surface area contributed by atoms with Crippen LogP contribution in [0.1, 0.15) is 32.1 Å². The van der Waals surface area contributed by atoms with Crippen molar-refractivity contribution in [1.29, 1.82) is 0 Å². The molecule has 1 aliphatic carbocycles. The Morgan fingerprint density at radius 2 is 1.67 bits per heavy atom. The monoisotopic (exact) mass is 192 g/mol. The van der Waals surface area contributed by atoms with Gasteiger partial charge < -0.3 is 5.73 Å². The van der Waals surface area contributed by atoms with E-state index in [0.717, 1.165) is 25.7 Å². The molecule has 4 nitrogen and oxygen atoms in total. The van der Waals surface area contributed by atoms with Crippen LogP contribution < -0.4 is 10.9 Å². The molecule has 0 radical (unpaired) electrons. The van der Waals surface area contributed by atoms with E-state index < -0.39 is 15.4 Å². The molecular weight excluding hydrogens is 176 g/mol. The summed E-state index contributed by atoms with van der Waals surface area (Å²) in [5.41, 5.74) is 5.51. The van der Waals surface area contributed by atoms with Crippen LogP contribution in [0.2, 0.25) is 0 Å². The van der Waals surface area contributed by atoms with Crippen LogP contribution in [0, 0.1) is 5.92 Å². The van der Waals surface area contributed by atoms with E-state index in [9.17, 15) is 8.42 Å². The Balaban J connectivity index is 2.57. The predicted octanol–water partition coefficient (Wildman–Crippen LogP) is 0.140. The molecule has 0 heterocycles. The molecule has 1 atom stereocenters. The number of hydrogen-bond donors (Lipinski definition) is 2. The zero-order valence-electron chi connectivity index (χ0n) is 7.07. The van der Waals surface area contributed by atoms with Crippen molar-refractivity contribution in [2.75, 3.05) is 0 Å². The minimum atomic E-state index is -3.52. The molecule has 1 unspecified atom stereocenters. The van der Waals surface area contributed by atoms with E-state index in [1.807, 2.05) is 0 Å². The SMILES string of the molecule is NC(C1CCCCC1)S(N)(=O)=O. The van der Waals surface area contributed by atoms with Crippen LogP contribution in [-0.4, -0.2) is 13.8 Å². The number of sulfonamides is 1. The third-order valence-electron chi connectivity index (χ3n) is 2.49. The molecule has 1 saturated carbocycles. The van der Waals surface area contributed by atoms with Gasteiger partial charge in [-0.1, -0.05) is 19.3 Å². The van der Waals surface area contributed by atoms with E-state index in [-0.39, 0.29) is 5.92 Å². The third-order valence-corrected chi connectivity index (χ3v) is 3.64. The molecule has 1 rings (SSSR count). The van der Waals surface area contributed by atoms with Crippen molar-refractivity contribution in [1.82, 2.24) is 0 Å². The molecule has 0 saturated heterocycles. The summed E-state index contributed by atoms with van der Waals surface area (Å²) in [7, 11) is -3.52. The third kappa shape index (κ3) is 2.43. The quantitative estimate of drug-likeness (QED) is 0.652. The lowest BCUT2D eigenvalue weighted by molar-refractivity contribution is 0.343. The van der Waals surface area contributed by atoms with Crippen LogP contribution in [-0.2, 0) is 10.0 Å². The van der Waals surface area contributed by atoms with E-state index in [0.29, 0.717) is 0 Å². The molecule has 0 amide bonds. The minimum absolute atomic E-state index is 0.0775. The van der Waals surface area contributed by atoms with Gasteiger partial charge in [0.05, 0.1) is 0 Å². The van der Waals surface area contributed by atoms with Crippen molar-refractivity contribution >= 4 is 10.0 Å². The topological polar surface area (TPSA) is 86.2 Å². The molecule has 0 spiro atoms. The fourth-order valence-corrected chi connectivity index (χ4v) is 2.54. The van der Waals surface area contributed by atoms with Gasteiger partial charge in [0.25, 0.3) is 0 Å². The first-order valence-electron chi connectivity index (χ1n) is 4.29. The average Bonchev–Trinajstić information content (AvgIpc) is 2.03. The Bertz CT molecular complexity index is 232. The van der Waals surface area contributed by atoms with Crippen LogP contribution in [0.4, 0.5) is 0 Å². The maximum atomic E-state index is 10.9. The number of nitrogens with two attached hydrogens (primary N) is 2. The Labute approximate surface area is 73.4 Å².